The van der Waals surface area contributed by atoms with Crippen molar-refractivity contribution in [1.82, 2.24) is 25.6 Å². The van der Waals surface area contributed by atoms with Gasteiger partial charge in [0.05, 0.1) is 22.8 Å². The van der Waals surface area contributed by atoms with Crippen molar-refractivity contribution in [2.24, 2.45) is 5.41 Å². The first-order chi connectivity index (χ1) is 12.6. The molecule has 3 heterocycles. The van der Waals surface area contributed by atoms with Gasteiger partial charge in [0, 0.05) is 32.4 Å². The minimum atomic E-state index is -0.419. The Morgan fingerprint density at radius 1 is 1.15 bits per heavy atom. The number of likely N-dealkylation sites (tertiary alicyclic amines) is 1. The Bertz CT molecular complexity index is 715. The number of aromatic amines is 1. The molecule has 0 radical (unpaired) electrons. The molecular formula is C18H25N5O3. The predicted octanol–water partition coefficient (Wildman–Crippen LogP) is 1.54. The van der Waals surface area contributed by atoms with E-state index in [4.69, 9.17) is 4.74 Å². The molecule has 2 amide bonds. The van der Waals surface area contributed by atoms with E-state index >= 15 is 0 Å². The van der Waals surface area contributed by atoms with Gasteiger partial charge in [-0.3, -0.25) is 4.79 Å². The highest BCUT2D eigenvalue weighted by Gasteiger charge is 2.64. The number of nitrogens with one attached hydrogen (secondary N) is 2. The fraction of sp³-hybridized carbons (Fsp3) is 0.778. The molecule has 1 aromatic heterocycles. The summed E-state index contributed by atoms with van der Waals surface area (Å²) in [6.45, 7) is 1.33. The quantitative estimate of drug-likeness (QED) is 0.853. The number of carbonyl (C=O) groups is 2. The Hall–Kier alpha value is -2.12. The van der Waals surface area contributed by atoms with E-state index in [1.807, 2.05) is 4.90 Å². The average molecular weight is 359 g/mol. The number of carbonyl (C=O) groups excluding carboxylic acids is 2. The second-order valence-electron chi connectivity index (χ2n) is 8.51. The Morgan fingerprint density at radius 2 is 1.88 bits per heavy atom. The van der Waals surface area contributed by atoms with Crippen LogP contribution in [-0.2, 0) is 16.0 Å². The third kappa shape index (κ3) is 2.13. The molecule has 0 atom stereocenters. The van der Waals surface area contributed by atoms with Crippen molar-refractivity contribution >= 4 is 12.0 Å². The molecule has 0 unspecified atom stereocenters. The minimum absolute atomic E-state index is 0.186. The van der Waals surface area contributed by atoms with Crippen LogP contribution in [0, 0.1) is 5.41 Å². The molecule has 26 heavy (non-hydrogen) atoms. The first-order valence-electron chi connectivity index (χ1n) is 9.72. The number of piperidine rings is 1. The summed E-state index contributed by atoms with van der Waals surface area (Å²) >= 11 is 0. The van der Waals surface area contributed by atoms with E-state index in [-0.39, 0.29) is 23.0 Å². The van der Waals surface area contributed by atoms with Crippen molar-refractivity contribution in [3.63, 3.8) is 0 Å². The molecule has 140 valence electrons. The molecule has 2 saturated heterocycles. The van der Waals surface area contributed by atoms with Crippen LogP contribution in [0.1, 0.15) is 57.1 Å². The zero-order valence-electron chi connectivity index (χ0n) is 14.9. The van der Waals surface area contributed by atoms with E-state index in [2.05, 4.69) is 20.7 Å². The topological polar surface area (TPSA) is 100 Å². The van der Waals surface area contributed by atoms with Gasteiger partial charge in [-0.05, 0) is 32.1 Å². The lowest BCUT2D eigenvalue weighted by Crippen LogP contribution is -2.65. The summed E-state index contributed by atoms with van der Waals surface area (Å²) in [6.07, 6.45) is 9.58. The third-order valence-corrected chi connectivity index (χ3v) is 7.32. The highest BCUT2D eigenvalue weighted by molar-refractivity contribution is 5.84. The SMILES string of the molecule is O=C1NC2(CCC2)C2(CCN(C(=O)C3(Cc4cn[nH]n4)CCC3)CC2)O1. The molecule has 1 aromatic rings. The molecule has 0 bridgehead atoms. The standard InChI is InChI=1S/C18H25N5O3/c24-14(16(3-1-4-16)11-13-12-19-22-21-13)23-9-7-18(8-10-23)17(5-2-6-17)20-15(25)26-18/h12H,1-11H2,(H,20,25)(H,19,21,22). The van der Waals surface area contributed by atoms with Gasteiger partial charge in [-0.2, -0.15) is 15.4 Å². The second kappa shape index (κ2) is 5.44. The summed E-state index contributed by atoms with van der Waals surface area (Å²) in [5.74, 6) is 0.238. The van der Waals surface area contributed by atoms with Gasteiger partial charge in [0.25, 0.3) is 0 Å². The summed E-state index contributed by atoms with van der Waals surface area (Å²) in [4.78, 5) is 27.2. The van der Waals surface area contributed by atoms with Crippen LogP contribution in [0.3, 0.4) is 0 Å². The molecule has 8 nitrogen and oxygen atoms in total. The maximum atomic E-state index is 13.3. The zero-order valence-corrected chi connectivity index (χ0v) is 14.9. The van der Waals surface area contributed by atoms with Crippen molar-refractivity contribution in [2.75, 3.05) is 13.1 Å². The van der Waals surface area contributed by atoms with Gasteiger partial charge < -0.3 is 15.0 Å². The molecule has 2 saturated carbocycles. The first kappa shape index (κ1) is 16.1. The van der Waals surface area contributed by atoms with Gasteiger partial charge in [0.2, 0.25) is 5.91 Å². The van der Waals surface area contributed by atoms with Crippen LogP contribution in [-0.4, -0.2) is 56.5 Å². The number of alkyl carbamates (subject to hydrolysis) is 1. The fourth-order valence-corrected chi connectivity index (χ4v) is 5.43. The summed E-state index contributed by atoms with van der Waals surface area (Å²) in [5.41, 5.74) is -0.0689. The van der Waals surface area contributed by atoms with Gasteiger partial charge in [-0.15, -0.1) is 0 Å². The van der Waals surface area contributed by atoms with E-state index in [9.17, 15) is 9.59 Å². The van der Waals surface area contributed by atoms with Crippen LogP contribution in [0.25, 0.3) is 0 Å². The number of rotatable bonds is 3. The van der Waals surface area contributed by atoms with Gasteiger partial charge >= 0.3 is 6.09 Å². The summed E-state index contributed by atoms with van der Waals surface area (Å²) in [7, 11) is 0. The number of amides is 2. The number of hydrogen-bond donors (Lipinski definition) is 2. The van der Waals surface area contributed by atoms with Crippen LogP contribution < -0.4 is 5.32 Å². The normalized spacial score (nSPS) is 27.5. The number of H-pyrrole nitrogens is 1. The van der Waals surface area contributed by atoms with Gasteiger partial charge in [0.1, 0.15) is 5.60 Å². The summed E-state index contributed by atoms with van der Waals surface area (Å²) in [6, 6.07) is 0. The largest absolute Gasteiger partial charge is 0.440 e. The van der Waals surface area contributed by atoms with Crippen LogP contribution in [0.15, 0.2) is 6.20 Å². The van der Waals surface area contributed by atoms with Crippen molar-refractivity contribution in [3.8, 4) is 0 Å². The first-order valence-corrected chi connectivity index (χ1v) is 9.72. The molecule has 0 aromatic carbocycles. The number of hydrogen-bond acceptors (Lipinski definition) is 5. The van der Waals surface area contributed by atoms with Crippen molar-refractivity contribution in [3.05, 3.63) is 11.9 Å². The lowest BCUT2D eigenvalue weighted by Gasteiger charge is -2.53. The predicted molar refractivity (Wildman–Crippen MR) is 91.1 cm³/mol. The Kier molecular flexibility index (Phi) is 3.36. The number of fused-ring (bicyclic) bond motifs is 1. The van der Waals surface area contributed by atoms with Gasteiger partial charge in [0.15, 0.2) is 0 Å². The maximum Gasteiger partial charge on any atom is 0.408 e. The second-order valence-corrected chi connectivity index (χ2v) is 8.51. The Morgan fingerprint density at radius 3 is 2.42 bits per heavy atom. The molecule has 5 rings (SSSR count). The van der Waals surface area contributed by atoms with E-state index in [0.717, 1.165) is 57.1 Å². The summed E-state index contributed by atoms with van der Waals surface area (Å²) in [5, 5.41) is 13.7. The third-order valence-electron chi connectivity index (χ3n) is 7.32. The van der Waals surface area contributed by atoms with Gasteiger partial charge in [-0.1, -0.05) is 6.42 Å². The van der Waals surface area contributed by atoms with Crippen molar-refractivity contribution < 1.29 is 14.3 Å². The lowest BCUT2D eigenvalue weighted by molar-refractivity contribution is -0.153. The van der Waals surface area contributed by atoms with Crippen LogP contribution in [0.4, 0.5) is 4.79 Å². The maximum absolute atomic E-state index is 13.3. The smallest absolute Gasteiger partial charge is 0.408 e. The van der Waals surface area contributed by atoms with Crippen LogP contribution in [0.2, 0.25) is 0 Å². The van der Waals surface area contributed by atoms with E-state index in [1.54, 1.807) is 6.20 Å². The molecule has 4 aliphatic rings. The highest BCUT2D eigenvalue weighted by Crippen LogP contribution is 2.52. The molecule has 4 fully saturated rings. The van der Waals surface area contributed by atoms with Crippen LogP contribution >= 0.6 is 0 Å². The lowest BCUT2D eigenvalue weighted by atomic mass is 9.62. The van der Waals surface area contributed by atoms with E-state index < -0.39 is 5.60 Å². The Balaban J connectivity index is 1.29. The number of aromatic nitrogens is 3. The fourth-order valence-electron chi connectivity index (χ4n) is 5.43. The van der Waals surface area contributed by atoms with Crippen LogP contribution in [0.5, 0.6) is 0 Å². The number of nitrogens with zero attached hydrogens (tertiary/aromatic N) is 3. The molecule has 2 N–H and O–H groups in total. The molecule has 2 spiro atoms. The molecular weight excluding hydrogens is 334 g/mol. The molecule has 2 aliphatic carbocycles. The minimum Gasteiger partial charge on any atom is -0.440 e. The Labute approximate surface area is 152 Å². The summed E-state index contributed by atoms with van der Waals surface area (Å²) < 4.78 is 5.78. The van der Waals surface area contributed by atoms with Gasteiger partial charge in [-0.25, -0.2) is 4.79 Å². The van der Waals surface area contributed by atoms with E-state index in [0.29, 0.717) is 19.5 Å². The highest BCUT2D eigenvalue weighted by atomic mass is 16.6. The molecule has 2 aliphatic heterocycles. The molecule has 8 heteroatoms. The van der Waals surface area contributed by atoms with Crippen molar-refractivity contribution in [2.45, 2.75) is 68.9 Å². The average Bonchev–Trinajstić information content (AvgIpc) is 3.16. The van der Waals surface area contributed by atoms with Crippen molar-refractivity contribution in [1.29, 1.82) is 0 Å². The monoisotopic (exact) mass is 359 g/mol. The number of ether oxygens (including phenoxy) is 1. The zero-order chi connectivity index (χ0) is 17.8. The van der Waals surface area contributed by atoms with E-state index in [1.165, 1.54) is 0 Å².